The van der Waals surface area contributed by atoms with E-state index in [-0.39, 0.29) is 6.10 Å². The summed E-state index contributed by atoms with van der Waals surface area (Å²) >= 11 is 0. The predicted octanol–water partition coefficient (Wildman–Crippen LogP) is 3.79. The molecule has 0 saturated heterocycles. The molecule has 3 unspecified atom stereocenters. The monoisotopic (exact) mass is 234 g/mol. The summed E-state index contributed by atoms with van der Waals surface area (Å²) in [5, 5.41) is 10.2. The molecule has 0 saturated carbocycles. The van der Waals surface area contributed by atoms with E-state index < -0.39 is 6.10 Å². The fraction of sp³-hybridized carbons (Fsp3) is 0.600. The SMILES string of the molecule is CCCC1Oc2ccc(C(C)CC)cc2C1O. The Morgan fingerprint density at radius 1 is 1.35 bits per heavy atom. The lowest BCUT2D eigenvalue weighted by molar-refractivity contribution is 0.0616. The van der Waals surface area contributed by atoms with Crippen LogP contribution < -0.4 is 4.74 Å². The number of ether oxygens (including phenoxy) is 1. The summed E-state index contributed by atoms with van der Waals surface area (Å²) in [6.07, 6.45) is 2.56. The molecule has 17 heavy (non-hydrogen) atoms. The molecule has 0 aliphatic carbocycles. The summed E-state index contributed by atoms with van der Waals surface area (Å²) in [5.74, 6) is 1.40. The van der Waals surface area contributed by atoms with Gasteiger partial charge in [0.05, 0.1) is 0 Å². The minimum absolute atomic E-state index is 0.0535. The molecule has 1 aliphatic rings. The summed E-state index contributed by atoms with van der Waals surface area (Å²) in [5.41, 5.74) is 2.27. The first kappa shape index (κ1) is 12.4. The van der Waals surface area contributed by atoms with Gasteiger partial charge < -0.3 is 9.84 Å². The highest BCUT2D eigenvalue weighted by Gasteiger charge is 2.32. The average molecular weight is 234 g/mol. The van der Waals surface area contributed by atoms with E-state index in [4.69, 9.17) is 4.74 Å². The molecule has 0 spiro atoms. The number of aliphatic hydroxyl groups excluding tert-OH is 1. The van der Waals surface area contributed by atoms with Gasteiger partial charge in [-0.2, -0.15) is 0 Å². The van der Waals surface area contributed by atoms with Crippen molar-refractivity contribution in [3.8, 4) is 5.75 Å². The van der Waals surface area contributed by atoms with Crippen molar-refractivity contribution in [2.24, 2.45) is 0 Å². The molecule has 1 aromatic rings. The highest BCUT2D eigenvalue weighted by atomic mass is 16.5. The summed E-state index contributed by atoms with van der Waals surface area (Å²) in [4.78, 5) is 0. The fourth-order valence-electron chi connectivity index (χ4n) is 2.38. The Kier molecular flexibility index (Phi) is 3.72. The summed E-state index contributed by atoms with van der Waals surface area (Å²) in [6.45, 7) is 6.52. The maximum Gasteiger partial charge on any atom is 0.129 e. The maximum atomic E-state index is 10.2. The minimum atomic E-state index is -0.450. The van der Waals surface area contributed by atoms with Gasteiger partial charge in [-0.3, -0.25) is 0 Å². The topological polar surface area (TPSA) is 29.5 Å². The van der Waals surface area contributed by atoms with E-state index in [1.54, 1.807) is 0 Å². The number of aliphatic hydroxyl groups is 1. The van der Waals surface area contributed by atoms with E-state index in [9.17, 15) is 5.11 Å². The van der Waals surface area contributed by atoms with Crippen LogP contribution in [0.3, 0.4) is 0 Å². The van der Waals surface area contributed by atoms with Gasteiger partial charge >= 0.3 is 0 Å². The van der Waals surface area contributed by atoms with Gasteiger partial charge in [0.2, 0.25) is 0 Å². The van der Waals surface area contributed by atoms with Crippen molar-refractivity contribution in [2.75, 3.05) is 0 Å². The molecule has 2 heteroatoms. The smallest absolute Gasteiger partial charge is 0.129 e. The molecule has 0 fully saturated rings. The molecule has 0 aromatic heterocycles. The van der Waals surface area contributed by atoms with Crippen molar-refractivity contribution < 1.29 is 9.84 Å². The van der Waals surface area contributed by atoms with Gasteiger partial charge in [0.15, 0.2) is 0 Å². The predicted molar refractivity (Wildman–Crippen MR) is 69.4 cm³/mol. The van der Waals surface area contributed by atoms with E-state index in [1.807, 2.05) is 6.07 Å². The first-order valence-electron chi connectivity index (χ1n) is 6.65. The Labute approximate surface area is 104 Å². The Balaban J connectivity index is 2.24. The molecule has 3 atom stereocenters. The zero-order valence-electron chi connectivity index (χ0n) is 10.9. The number of hydrogen-bond acceptors (Lipinski definition) is 2. The first-order valence-corrected chi connectivity index (χ1v) is 6.65. The summed E-state index contributed by atoms with van der Waals surface area (Å²) in [6, 6.07) is 6.24. The van der Waals surface area contributed by atoms with Gasteiger partial charge in [-0.05, 0) is 36.5 Å². The van der Waals surface area contributed by atoms with Crippen molar-refractivity contribution in [3.63, 3.8) is 0 Å². The lowest BCUT2D eigenvalue weighted by Gasteiger charge is -2.13. The molecule has 1 N–H and O–H groups in total. The number of hydrogen-bond donors (Lipinski definition) is 1. The van der Waals surface area contributed by atoms with Crippen LogP contribution in [0.15, 0.2) is 18.2 Å². The van der Waals surface area contributed by atoms with Crippen molar-refractivity contribution in [2.45, 2.75) is 58.2 Å². The van der Waals surface area contributed by atoms with Crippen LogP contribution in [-0.4, -0.2) is 11.2 Å². The Morgan fingerprint density at radius 3 is 2.76 bits per heavy atom. The van der Waals surface area contributed by atoms with Crippen LogP contribution in [0.25, 0.3) is 0 Å². The van der Waals surface area contributed by atoms with E-state index in [0.29, 0.717) is 5.92 Å². The van der Waals surface area contributed by atoms with Gasteiger partial charge in [-0.25, -0.2) is 0 Å². The normalized spacial score (nSPS) is 24.2. The van der Waals surface area contributed by atoms with Crippen LogP contribution in [0.1, 0.15) is 63.2 Å². The minimum Gasteiger partial charge on any atom is -0.487 e. The maximum absolute atomic E-state index is 10.2. The summed E-state index contributed by atoms with van der Waals surface area (Å²) in [7, 11) is 0. The highest BCUT2D eigenvalue weighted by Crippen LogP contribution is 2.39. The molecule has 1 aromatic carbocycles. The first-order chi connectivity index (χ1) is 8.17. The molecule has 0 radical (unpaired) electrons. The quantitative estimate of drug-likeness (QED) is 0.858. The van der Waals surface area contributed by atoms with Crippen molar-refractivity contribution >= 4 is 0 Å². The van der Waals surface area contributed by atoms with Gasteiger partial charge in [0.1, 0.15) is 18.0 Å². The molecular weight excluding hydrogens is 212 g/mol. The molecule has 94 valence electrons. The Morgan fingerprint density at radius 2 is 2.12 bits per heavy atom. The Bertz CT molecular complexity index is 387. The number of fused-ring (bicyclic) bond motifs is 1. The standard InChI is InChI=1S/C15H22O2/c1-4-6-14-15(16)12-9-11(10(3)5-2)7-8-13(12)17-14/h7-10,14-16H,4-6H2,1-3H3. The third-order valence-electron chi connectivity index (χ3n) is 3.74. The van der Waals surface area contributed by atoms with E-state index >= 15 is 0 Å². The van der Waals surface area contributed by atoms with Crippen LogP contribution in [0.4, 0.5) is 0 Å². The Hall–Kier alpha value is -1.02. The summed E-state index contributed by atoms with van der Waals surface area (Å²) < 4.78 is 5.78. The van der Waals surface area contributed by atoms with Gasteiger partial charge in [-0.15, -0.1) is 0 Å². The van der Waals surface area contributed by atoms with Gasteiger partial charge in [-0.1, -0.05) is 33.3 Å². The molecule has 0 bridgehead atoms. The van der Waals surface area contributed by atoms with Gasteiger partial charge in [0.25, 0.3) is 0 Å². The number of benzene rings is 1. The van der Waals surface area contributed by atoms with Crippen molar-refractivity contribution in [3.05, 3.63) is 29.3 Å². The molecule has 2 rings (SSSR count). The van der Waals surface area contributed by atoms with E-state index in [1.165, 1.54) is 5.56 Å². The lowest BCUT2D eigenvalue weighted by Crippen LogP contribution is -2.17. The second kappa shape index (κ2) is 5.09. The van der Waals surface area contributed by atoms with Crippen LogP contribution in [0.2, 0.25) is 0 Å². The second-order valence-corrected chi connectivity index (χ2v) is 5.00. The van der Waals surface area contributed by atoms with Crippen LogP contribution >= 0.6 is 0 Å². The zero-order chi connectivity index (χ0) is 12.4. The lowest BCUT2D eigenvalue weighted by atomic mass is 9.94. The van der Waals surface area contributed by atoms with Crippen molar-refractivity contribution in [1.82, 2.24) is 0 Å². The molecule has 0 amide bonds. The van der Waals surface area contributed by atoms with Crippen molar-refractivity contribution in [1.29, 1.82) is 0 Å². The zero-order valence-corrected chi connectivity index (χ0v) is 10.9. The second-order valence-electron chi connectivity index (χ2n) is 5.00. The molecular formula is C15H22O2. The van der Waals surface area contributed by atoms with Crippen LogP contribution in [0, 0.1) is 0 Å². The third-order valence-corrected chi connectivity index (χ3v) is 3.74. The van der Waals surface area contributed by atoms with Crippen LogP contribution in [0.5, 0.6) is 5.75 Å². The molecule has 2 nitrogen and oxygen atoms in total. The van der Waals surface area contributed by atoms with Crippen LogP contribution in [-0.2, 0) is 0 Å². The van der Waals surface area contributed by atoms with Gasteiger partial charge in [0, 0.05) is 5.56 Å². The van der Waals surface area contributed by atoms with E-state index in [2.05, 4.69) is 32.9 Å². The average Bonchev–Trinajstić information content (AvgIpc) is 2.66. The third kappa shape index (κ3) is 2.32. The highest BCUT2D eigenvalue weighted by molar-refractivity contribution is 5.43. The number of rotatable bonds is 4. The molecule has 1 heterocycles. The molecule has 1 aliphatic heterocycles. The largest absolute Gasteiger partial charge is 0.487 e. The van der Waals surface area contributed by atoms with E-state index in [0.717, 1.165) is 30.6 Å². The fourth-order valence-corrected chi connectivity index (χ4v) is 2.38.